The number of amides is 1. The highest BCUT2D eigenvalue weighted by Crippen LogP contribution is 2.21. The molecular formula is C22H23N5O. The van der Waals surface area contributed by atoms with E-state index in [0.717, 1.165) is 31.9 Å². The molecule has 142 valence electrons. The molecule has 0 spiro atoms. The summed E-state index contributed by atoms with van der Waals surface area (Å²) in [6.45, 7) is 5.96. The van der Waals surface area contributed by atoms with Gasteiger partial charge in [0.1, 0.15) is 5.82 Å². The van der Waals surface area contributed by atoms with Crippen LogP contribution in [0.5, 0.6) is 0 Å². The lowest BCUT2D eigenvalue weighted by Crippen LogP contribution is -2.46. The molecule has 0 atom stereocenters. The predicted octanol–water partition coefficient (Wildman–Crippen LogP) is 3.36. The van der Waals surface area contributed by atoms with Crippen LogP contribution in [-0.4, -0.2) is 42.1 Å². The van der Waals surface area contributed by atoms with E-state index in [1.807, 2.05) is 18.3 Å². The van der Waals surface area contributed by atoms with Crippen molar-refractivity contribution < 1.29 is 4.79 Å². The van der Waals surface area contributed by atoms with Crippen molar-refractivity contribution in [3.8, 4) is 0 Å². The molecule has 1 aliphatic heterocycles. The standard InChI is InChI=1S/C22H23N5O/c1-17-4-2-6-19(14-17)26-10-12-27(13-11-26)20-7-8-21(24-16-20)25-22(28)18-5-3-9-23-15-18/h2-9,14-16H,10-13H2,1H3,(H,24,25,28). The predicted molar refractivity (Wildman–Crippen MR) is 112 cm³/mol. The molecular weight excluding hydrogens is 350 g/mol. The van der Waals surface area contributed by atoms with E-state index in [9.17, 15) is 4.79 Å². The Bertz CT molecular complexity index is 935. The Hall–Kier alpha value is -3.41. The summed E-state index contributed by atoms with van der Waals surface area (Å²) in [6, 6.07) is 16.0. The van der Waals surface area contributed by atoms with Gasteiger partial charge in [-0.1, -0.05) is 12.1 Å². The second-order valence-corrected chi connectivity index (χ2v) is 6.91. The molecule has 1 aliphatic rings. The average Bonchev–Trinajstić information content (AvgIpc) is 2.75. The molecule has 4 rings (SSSR count). The van der Waals surface area contributed by atoms with Crippen LogP contribution >= 0.6 is 0 Å². The topological polar surface area (TPSA) is 61.4 Å². The third-order valence-corrected chi connectivity index (χ3v) is 4.92. The minimum Gasteiger partial charge on any atom is -0.368 e. The second kappa shape index (κ2) is 8.08. The molecule has 0 unspecified atom stereocenters. The number of anilines is 3. The van der Waals surface area contributed by atoms with E-state index in [2.05, 4.69) is 56.3 Å². The van der Waals surface area contributed by atoms with Crippen LogP contribution in [0.4, 0.5) is 17.2 Å². The summed E-state index contributed by atoms with van der Waals surface area (Å²) >= 11 is 0. The first kappa shape index (κ1) is 18.0. The van der Waals surface area contributed by atoms with Crippen molar-refractivity contribution in [1.82, 2.24) is 9.97 Å². The van der Waals surface area contributed by atoms with Crippen LogP contribution in [-0.2, 0) is 0 Å². The number of aromatic nitrogens is 2. The fraction of sp³-hybridized carbons (Fsp3) is 0.227. The molecule has 6 heteroatoms. The van der Waals surface area contributed by atoms with Gasteiger partial charge < -0.3 is 15.1 Å². The first-order valence-electron chi connectivity index (χ1n) is 9.43. The third kappa shape index (κ3) is 4.11. The molecule has 1 N–H and O–H groups in total. The Labute approximate surface area is 164 Å². The molecule has 3 aromatic rings. The largest absolute Gasteiger partial charge is 0.368 e. The second-order valence-electron chi connectivity index (χ2n) is 6.91. The normalized spacial score (nSPS) is 14.0. The number of nitrogens with zero attached hydrogens (tertiary/aromatic N) is 4. The summed E-state index contributed by atoms with van der Waals surface area (Å²) in [6.07, 6.45) is 5.00. The van der Waals surface area contributed by atoms with Crippen LogP contribution in [0.1, 0.15) is 15.9 Å². The maximum atomic E-state index is 12.2. The number of carbonyl (C=O) groups is 1. The molecule has 1 fully saturated rings. The minimum absolute atomic E-state index is 0.208. The summed E-state index contributed by atoms with van der Waals surface area (Å²) in [5, 5.41) is 2.81. The fourth-order valence-electron chi connectivity index (χ4n) is 3.38. The highest BCUT2D eigenvalue weighted by atomic mass is 16.1. The molecule has 1 aromatic carbocycles. The molecule has 6 nitrogen and oxygen atoms in total. The number of pyridine rings is 2. The van der Waals surface area contributed by atoms with Crippen LogP contribution in [0, 0.1) is 6.92 Å². The van der Waals surface area contributed by atoms with Crippen molar-refractivity contribution in [2.24, 2.45) is 0 Å². The smallest absolute Gasteiger partial charge is 0.258 e. The summed E-state index contributed by atoms with van der Waals surface area (Å²) in [5.74, 6) is 0.330. The molecule has 1 amide bonds. The Kier molecular flexibility index (Phi) is 5.19. The lowest BCUT2D eigenvalue weighted by Gasteiger charge is -2.37. The van der Waals surface area contributed by atoms with Crippen molar-refractivity contribution in [3.05, 3.63) is 78.2 Å². The number of piperazine rings is 1. The highest BCUT2D eigenvalue weighted by Gasteiger charge is 2.18. The van der Waals surface area contributed by atoms with E-state index in [0.29, 0.717) is 11.4 Å². The van der Waals surface area contributed by atoms with E-state index >= 15 is 0 Å². The highest BCUT2D eigenvalue weighted by molar-refractivity contribution is 6.03. The zero-order valence-corrected chi connectivity index (χ0v) is 15.9. The van der Waals surface area contributed by atoms with Gasteiger partial charge in [0, 0.05) is 44.3 Å². The van der Waals surface area contributed by atoms with Gasteiger partial charge in [0.25, 0.3) is 5.91 Å². The Morgan fingerprint density at radius 2 is 1.71 bits per heavy atom. The van der Waals surface area contributed by atoms with Crippen molar-refractivity contribution >= 4 is 23.1 Å². The number of nitrogens with one attached hydrogen (secondary N) is 1. The minimum atomic E-state index is -0.208. The van der Waals surface area contributed by atoms with Crippen molar-refractivity contribution in [1.29, 1.82) is 0 Å². The van der Waals surface area contributed by atoms with Crippen molar-refractivity contribution in [2.45, 2.75) is 6.92 Å². The molecule has 0 aliphatic carbocycles. The number of hydrogen-bond acceptors (Lipinski definition) is 5. The lowest BCUT2D eigenvalue weighted by molar-refractivity contribution is 0.102. The zero-order chi connectivity index (χ0) is 19.3. The molecule has 1 saturated heterocycles. The van der Waals surface area contributed by atoms with Gasteiger partial charge in [-0.2, -0.15) is 0 Å². The van der Waals surface area contributed by atoms with Crippen LogP contribution in [0.3, 0.4) is 0 Å². The number of benzene rings is 1. The summed E-state index contributed by atoms with van der Waals surface area (Å²) in [7, 11) is 0. The maximum Gasteiger partial charge on any atom is 0.258 e. The molecule has 3 heterocycles. The molecule has 28 heavy (non-hydrogen) atoms. The van der Waals surface area contributed by atoms with Gasteiger partial charge in [0.05, 0.1) is 17.4 Å². The average molecular weight is 373 g/mol. The van der Waals surface area contributed by atoms with Gasteiger partial charge in [0.15, 0.2) is 0 Å². The molecule has 0 saturated carbocycles. The quantitative estimate of drug-likeness (QED) is 0.760. The number of carbonyl (C=O) groups excluding carboxylic acids is 1. The zero-order valence-electron chi connectivity index (χ0n) is 15.9. The third-order valence-electron chi connectivity index (χ3n) is 4.92. The fourth-order valence-corrected chi connectivity index (χ4v) is 3.38. The number of hydrogen-bond donors (Lipinski definition) is 1. The van der Waals surface area contributed by atoms with Gasteiger partial charge in [-0.05, 0) is 48.9 Å². The van der Waals surface area contributed by atoms with Gasteiger partial charge in [-0.3, -0.25) is 9.78 Å². The van der Waals surface area contributed by atoms with Crippen molar-refractivity contribution in [3.63, 3.8) is 0 Å². The van der Waals surface area contributed by atoms with Crippen LogP contribution < -0.4 is 15.1 Å². The number of rotatable bonds is 4. The van der Waals surface area contributed by atoms with Crippen LogP contribution in [0.15, 0.2) is 67.1 Å². The van der Waals surface area contributed by atoms with E-state index in [1.54, 1.807) is 18.3 Å². The summed E-state index contributed by atoms with van der Waals surface area (Å²) < 4.78 is 0. The van der Waals surface area contributed by atoms with Gasteiger partial charge in [-0.25, -0.2) is 4.98 Å². The Morgan fingerprint density at radius 3 is 2.36 bits per heavy atom. The summed E-state index contributed by atoms with van der Waals surface area (Å²) in [5.41, 5.74) is 4.16. The first-order chi connectivity index (χ1) is 13.7. The Balaban J connectivity index is 1.35. The van der Waals surface area contributed by atoms with Crippen molar-refractivity contribution in [2.75, 3.05) is 41.3 Å². The molecule has 0 radical (unpaired) electrons. The van der Waals surface area contributed by atoms with E-state index in [-0.39, 0.29) is 5.91 Å². The van der Waals surface area contributed by atoms with Crippen LogP contribution in [0.2, 0.25) is 0 Å². The van der Waals surface area contributed by atoms with Crippen LogP contribution in [0.25, 0.3) is 0 Å². The Morgan fingerprint density at radius 1 is 0.929 bits per heavy atom. The van der Waals surface area contributed by atoms with E-state index in [4.69, 9.17) is 0 Å². The monoisotopic (exact) mass is 373 g/mol. The van der Waals surface area contributed by atoms with Gasteiger partial charge >= 0.3 is 0 Å². The van der Waals surface area contributed by atoms with Gasteiger partial charge in [-0.15, -0.1) is 0 Å². The van der Waals surface area contributed by atoms with Gasteiger partial charge in [0.2, 0.25) is 0 Å². The molecule has 2 aromatic heterocycles. The number of aryl methyl sites for hydroxylation is 1. The molecule has 0 bridgehead atoms. The summed E-state index contributed by atoms with van der Waals surface area (Å²) in [4.78, 5) is 25.3. The maximum absolute atomic E-state index is 12.2. The first-order valence-corrected chi connectivity index (χ1v) is 9.43. The van der Waals surface area contributed by atoms with E-state index in [1.165, 1.54) is 17.4 Å². The SMILES string of the molecule is Cc1cccc(N2CCN(c3ccc(NC(=O)c4cccnc4)nc3)CC2)c1. The lowest BCUT2D eigenvalue weighted by atomic mass is 10.2. The van der Waals surface area contributed by atoms with E-state index < -0.39 is 0 Å².